The monoisotopic (exact) mass is 350 g/mol. The van der Waals surface area contributed by atoms with Crippen LogP contribution >= 0.6 is 0 Å². The topological polar surface area (TPSA) is 60.3 Å². The zero-order valence-electron chi connectivity index (χ0n) is 15.2. The number of carbonyl (C=O) groups excluding carboxylic acids is 1. The largest absolute Gasteiger partial charge is 0.497 e. The number of rotatable bonds is 5. The first-order valence-corrected chi connectivity index (χ1v) is 8.55. The van der Waals surface area contributed by atoms with E-state index in [0.29, 0.717) is 17.1 Å². The number of anilines is 1. The van der Waals surface area contributed by atoms with Crippen molar-refractivity contribution in [3.63, 3.8) is 0 Å². The van der Waals surface area contributed by atoms with Crippen LogP contribution in [0.4, 0.5) is 5.69 Å². The molecule has 5 nitrogen and oxygen atoms in total. The van der Waals surface area contributed by atoms with Crippen LogP contribution in [0.1, 0.15) is 25.3 Å². The molecule has 0 radical (unpaired) electrons. The van der Waals surface area contributed by atoms with Crippen LogP contribution in [0.3, 0.4) is 0 Å². The SMILES string of the molecule is COc1ccc2c(=O)n(CC(=O)Nc3ccc(C(C)C)cc3)ccc2c1. The van der Waals surface area contributed by atoms with Gasteiger partial charge in [0, 0.05) is 17.3 Å². The average Bonchev–Trinajstić information content (AvgIpc) is 2.64. The van der Waals surface area contributed by atoms with Crippen molar-refractivity contribution in [2.45, 2.75) is 26.3 Å². The number of ether oxygens (including phenoxy) is 1. The van der Waals surface area contributed by atoms with E-state index in [1.54, 1.807) is 31.5 Å². The van der Waals surface area contributed by atoms with E-state index in [1.807, 2.05) is 30.3 Å². The molecule has 0 bridgehead atoms. The van der Waals surface area contributed by atoms with Gasteiger partial charge in [0.05, 0.1) is 7.11 Å². The number of hydrogen-bond acceptors (Lipinski definition) is 3. The number of carbonyl (C=O) groups is 1. The van der Waals surface area contributed by atoms with Crippen molar-refractivity contribution >= 4 is 22.4 Å². The molecule has 0 aliphatic rings. The minimum Gasteiger partial charge on any atom is -0.497 e. The molecule has 0 unspecified atom stereocenters. The maximum atomic E-state index is 12.6. The van der Waals surface area contributed by atoms with Crippen LogP contribution in [-0.2, 0) is 11.3 Å². The molecule has 0 spiro atoms. The van der Waals surface area contributed by atoms with E-state index in [-0.39, 0.29) is 18.0 Å². The average molecular weight is 350 g/mol. The fourth-order valence-corrected chi connectivity index (χ4v) is 2.82. The predicted molar refractivity (Wildman–Crippen MR) is 104 cm³/mol. The molecule has 5 heteroatoms. The number of fused-ring (bicyclic) bond motifs is 1. The van der Waals surface area contributed by atoms with E-state index in [0.717, 1.165) is 11.1 Å². The van der Waals surface area contributed by atoms with Crippen LogP contribution in [0, 0.1) is 0 Å². The first kappa shape index (κ1) is 17.7. The van der Waals surface area contributed by atoms with Crippen molar-refractivity contribution in [3.05, 3.63) is 70.6 Å². The normalized spacial score (nSPS) is 10.9. The number of methoxy groups -OCH3 is 1. The second-order valence-corrected chi connectivity index (χ2v) is 6.53. The molecule has 1 N–H and O–H groups in total. The lowest BCUT2D eigenvalue weighted by molar-refractivity contribution is -0.116. The molecular formula is C21H22N2O3. The summed E-state index contributed by atoms with van der Waals surface area (Å²) in [5.41, 5.74) is 1.73. The highest BCUT2D eigenvalue weighted by molar-refractivity contribution is 5.91. The second-order valence-electron chi connectivity index (χ2n) is 6.53. The van der Waals surface area contributed by atoms with Gasteiger partial charge in [-0.2, -0.15) is 0 Å². The number of nitrogens with one attached hydrogen (secondary N) is 1. The molecule has 1 amide bonds. The standard InChI is InChI=1S/C21H22N2O3/c1-14(2)15-4-6-17(7-5-15)22-20(24)13-23-11-10-16-12-18(26-3)8-9-19(16)21(23)25/h4-12,14H,13H2,1-3H3,(H,22,24). The Labute approximate surface area is 152 Å². The molecule has 0 saturated heterocycles. The molecule has 0 atom stereocenters. The quantitative estimate of drug-likeness (QED) is 0.762. The number of hydrogen-bond donors (Lipinski definition) is 1. The third kappa shape index (κ3) is 3.77. The molecule has 0 aliphatic carbocycles. The first-order chi connectivity index (χ1) is 12.5. The van der Waals surface area contributed by atoms with E-state index in [2.05, 4.69) is 19.2 Å². The van der Waals surface area contributed by atoms with E-state index in [4.69, 9.17) is 4.74 Å². The number of pyridine rings is 1. The van der Waals surface area contributed by atoms with E-state index < -0.39 is 0 Å². The van der Waals surface area contributed by atoms with E-state index >= 15 is 0 Å². The Kier molecular flexibility index (Phi) is 5.07. The number of benzene rings is 2. The van der Waals surface area contributed by atoms with Crippen LogP contribution < -0.4 is 15.6 Å². The lowest BCUT2D eigenvalue weighted by Gasteiger charge is -2.10. The summed E-state index contributed by atoms with van der Waals surface area (Å²) in [6.45, 7) is 4.21. The van der Waals surface area contributed by atoms with Gasteiger partial charge in [-0.15, -0.1) is 0 Å². The third-order valence-electron chi connectivity index (χ3n) is 4.36. The van der Waals surface area contributed by atoms with Gasteiger partial charge < -0.3 is 14.6 Å². The summed E-state index contributed by atoms with van der Waals surface area (Å²) in [5, 5.41) is 4.18. The van der Waals surface area contributed by atoms with E-state index in [1.165, 1.54) is 10.1 Å². The van der Waals surface area contributed by atoms with Gasteiger partial charge in [0.25, 0.3) is 5.56 Å². The highest BCUT2D eigenvalue weighted by Gasteiger charge is 2.09. The van der Waals surface area contributed by atoms with Crippen molar-refractivity contribution in [1.82, 2.24) is 4.57 Å². The minimum absolute atomic E-state index is 0.0350. The maximum Gasteiger partial charge on any atom is 0.258 e. The minimum atomic E-state index is -0.239. The van der Waals surface area contributed by atoms with Gasteiger partial charge in [0.15, 0.2) is 0 Å². The van der Waals surface area contributed by atoms with Crippen molar-refractivity contribution < 1.29 is 9.53 Å². The summed E-state index contributed by atoms with van der Waals surface area (Å²) in [5.74, 6) is 0.893. The van der Waals surface area contributed by atoms with Crippen LogP contribution in [0.25, 0.3) is 10.8 Å². The Morgan fingerprint density at radius 3 is 2.50 bits per heavy atom. The van der Waals surface area contributed by atoms with Crippen molar-refractivity contribution in [2.24, 2.45) is 0 Å². The number of nitrogens with zero attached hydrogens (tertiary/aromatic N) is 1. The predicted octanol–water partition coefficient (Wildman–Crippen LogP) is 3.77. The first-order valence-electron chi connectivity index (χ1n) is 8.55. The maximum absolute atomic E-state index is 12.6. The fourth-order valence-electron chi connectivity index (χ4n) is 2.82. The summed E-state index contributed by atoms with van der Waals surface area (Å²) in [7, 11) is 1.58. The Bertz CT molecular complexity index is 988. The van der Waals surface area contributed by atoms with Gasteiger partial charge in [-0.25, -0.2) is 0 Å². The summed E-state index contributed by atoms with van der Waals surface area (Å²) in [6.07, 6.45) is 1.63. The van der Waals surface area contributed by atoms with Crippen LogP contribution in [0.5, 0.6) is 5.75 Å². The molecule has 3 aromatic rings. The van der Waals surface area contributed by atoms with Crippen LogP contribution in [0.15, 0.2) is 59.5 Å². The third-order valence-corrected chi connectivity index (χ3v) is 4.36. The molecule has 0 fully saturated rings. The van der Waals surface area contributed by atoms with Gasteiger partial charge in [-0.3, -0.25) is 9.59 Å². The smallest absolute Gasteiger partial charge is 0.258 e. The zero-order chi connectivity index (χ0) is 18.7. The molecule has 26 heavy (non-hydrogen) atoms. The Balaban J connectivity index is 1.76. The molecule has 1 aromatic heterocycles. The lowest BCUT2D eigenvalue weighted by Crippen LogP contribution is -2.27. The molecule has 2 aromatic carbocycles. The molecular weight excluding hydrogens is 328 g/mol. The highest BCUT2D eigenvalue weighted by Crippen LogP contribution is 2.18. The van der Waals surface area contributed by atoms with Gasteiger partial charge in [0.1, 0.15) is 12.3 Å². The van der Waals surface area contributed by atoms with Gasteiger partial charge in [-0.05, 0) is 53.3 Å². The summed E-state index contributed by atoms with van der Waals surface area (Å²) in [6, 6.07) is 14.8. The number of amides is 1. The second kappa shape index (κ2) is 7.44. The molecule has 0 aliphatic heterocycles. The van der Waals surface area contributed by atoms with Gasteiger partial charge >= 0.3 is 0 Å². The highest BCUT2D eigenvalue weighted by atomic mass is 16.5. The van der Waals surface area contributed by atoms with E-state index in [9.17, 15) is 9.59 Å². The summed E-state index contributed by atoms with van der Waals surface area (Å²) in [4.78, 5) is 24.9. The molecule has 1 heterocycles. The Morgan fingerprint density at radius 2 is 1.85 bits per heavy atom. The Hall–Kier alpha value is -3.08. The summed E-state index contributed by atoms with van der Waals surface area (Å²) < 4.78 is 6.58. The van der Waals surface area contributed by atoms with Crippen molar-refractivity contribution in [1.29, 1.82) is 0 Å². The lowest BCUT2D eigenvalue weighted by atomic mass is 10.0. The summed E-state index contributed by atoms with van der Waals surface area (Å²) >= 11 is 0. The Morgan fingerprint density at radius 1 is 1.12 bits per heavy atom. The molecule has 0 saturated carbocycles. The van der Waals surface area contributed by atoms with Crippen molar-refractivity contribution in [3.8, 4) is 5.75 Å². The number of aromatic nitrogens is 1. The van der Waals surface area contributed by atoms with Crippen molar-refractivity contribution in [2.75, 3.05) is 12.4 Å². The molecule has 134 valence electrons. The van der Waals surface area contributed by atoms with Gasteiger partial charge in [-0.1, -0.05) is 26.0 Å². The fraction of sp³-hybridized carbons (Fsp3) is 0.238. The van der Waals surface area contributed by atoms with Gasteiger partial charge in [0.2, 0.25) is 5.91 Å². The van der Waals surface area contributed by atoms with Crippen LogP contribution in [0.2, 0.25) is 0 Å². The van der Waals surface area contributed by atoms with Crippen LogP contribution in [-0.4, -0.2) is 17.6 Å². The zero-order valence-corrected chi connectivity index (χ0v) is 15.2. The molecule has 3 rings (SSSR count).